The van der Waals surface area contributed by atoms with Gasteiger partial charge in [-0.1, -0.05) is 40.5 Å². The van der Waals surface area contributed by atoms with Crippen molar-refractivity contribution in [2.24, 2.45) is 17.8 Å². The van der Waals surface area contributed by atoms with Gasteiger partial charge >= 0.3 is 0 Å². The Kier molecular flexibility index (Phi) is 7.20. The van der Waals surface area contributed by atoms with Gasteiger partial charge in [-0.15, -0.1) is 0 Å². The summed E-state index contributed by atoms with van der Waals surface area (Å²) in [7, 11) is 3.45. The molecule has 86 valence electrons. The molecule has 0 heterocycles. The lowest BCUT2D eigenvalue weighted by Gasteiger charge is -2.32. The van der Waals surface area contributed by atoms with Crippen molar-refractivity contribution in [1.29, 1.82) is 0 Å². The minimum Gasteiger partial charge on any atom is -0.356 e. The SMILES string of the molecule is CCCC(C)C(C(C)C)C(OC)OC. The highest BCUT2D eigenvalue weighted by Crippen LogP contribution is 2.29. The summed E-state index contributed by atoms with van der Waals surface area (Å²) in [6.07, 6.45) is 2.41. The van der Waals surface area contributed by atoms with Crippen LogP contribution in [0, 0.1) is 17.8 Å². The Morgan fingerprint density at radius 3 is 1.79 bits per heavy atom. The fourth-order valence-corrected chi connectivity index (χ4v) is 2.30. The second-order valence-corrected chi connectivity index (χ2v) is 4.43. The van der Waals surface area contributed by atoms with Crippen molar-refractivity contribution in [1.82, 2.24) is 0 Å². The summed E-state index contributed by atoms with van der Waals surface area (Å²) in [4.78, 5) is 0. The molecule has 0 aromatic rings. The molecule has 0 aliphatic rings. The molecule has 0 rings (SSSR count). The van der Waals surface area contributed by atoms with Gasteiger partial charge in [0.15, 0.2) is 6.29 Å². The Balaban J connectivity index is 4.39. The van der Waals surface area contributed by atoms with E-state index in [1.165, 1.54) is 12.8 Å². The first kappa shape index (κ1) is 13.9. The monoisotopic (exact) mass is 202 g/mol. The highest BCUT2D eigenvalue weighted by atomic mass is 16.7. The number of hydrogen-bond acceptors (Lipinski definition) is 2. The van der Waals surface area contributed by atoms with E-state index >= 15 is 0 Å². The topological polar surface area (TPSA) is 18.5 Å². The summed E-state index contributed by atoms with van der Waals surface area (Å²) < 4.78 is 10.7. The third-order valence-electron chi connectivity index (χ3n) is 2.95. The van der Waals surface area contributed by atoms with Crippen molar-refractivity contribution in [2.75, 3.05) is 14.2 Å². The summed E-state index contributed by atoms with van der Waals surface area (Å²) in [6, 6.07) is 0. The van der Waals surface area contributed by atoms with Gasteiger partial charge < -0.3 is 9.47 Å². The molecule has 0 spiro atoms. The fraction of sp³-hybridized carbons (Fsp3) is 1.00. The van der Waals surface area contributed by atoms with E-state index in [0.717, 1.165) is 0 Å². The predicted octanol–water partition coefficient (Wildman–Crippen LogP) is 3.31. The minimum atomic E-state index is -0.0588. The first-order valence-electron chi connectivity index (χ1n) is 5.64. The first-order chi connectivity index (χ1) is 6.58. The second-order valence-electron chi connectivity index (χ2n) is 4.43. The van der Waals surface area contributed by atoms with E-state index < -0.39 is 0 Å². The number of methoxy groups -OCH3 is 2. The molecule has 0 aliphatic carbocycles. The van der Waals surface area contributed by atoms with Gasteiger partial charge in [-0.25, -0.2) is 0 Å². The number of rotatable bonds is 7. The minimum absolute atomic E-state index is 0.0588. The van der Waals surface area contributed by atoms with Crippen molar-refractivity contribution >= 4 is 0 Å². The molecule has 0 aromatic heterocycles. The lowest BCUT2D eigenvalue weighted by Crippen LogP contribution is -2.33. The summed E-state index contributed by atoms with van der Waals surface area (Å²) in [5, 5.41) is 0. The molecule has 0 amide bonds. The van der Waals surface area contributed by atoms with Crippen LogP contribution in [-0.4, -0.2) is 20.5 Å². The van der Waals surface area contributed by atoms with E-state index in [-0.39, 0.29) is 6.29 Å². The molecule has 14 heavy (non-hydrogen) atoms. The van der Waals surface area contributed by atoms with E-state index in [4.69, 9.17) is 9.47 Å². The third-order valence-corrected chi connectivity index (χ3v) is 2.95. The highest BCUT2D eigenvalue weighted by molar-refractivity contribution is 4.72. The zero-order chi connectivity index (χ0) is 11.1. The molecular formula is C12H26O2. The lowest BCUT2D eigenvalue weighted by atomic mass is 9.81. The first-order valence-corrected chi connectivity index (χ1v) is 5.64. The highest BCUT2D eigenvalue weighted by Gasteiger charge is 2.29. The van der Waals surface area contributed by atoms with Crippen LogP contribution in [0.1, 0.15) is 40.5 Å². The van der Waals surface area contributed by atoms with Gasteiger partial charge in [0.2, 0.25) is 0 Å². The van der Waals surface area contributed by atoms with Crippen LogP contribution in [0.3, 0.4) is 0 Å². The lowest BCUT2D eigenvalue weighted by molar-refractivity contribution is -0.159. The second kappa shape index (κ2) is 7.24. The Hall–Kier alpha value is -0.0800. The molecule has 0 N–H and O–H groups in total. The van der Waals surface area contributed by atoms with Crippen LogP contribution < -0.4 is 0 Å². The average Bonchev–Trinajstić information content (AvgIpc) is 2.13. The van der Waals surface area contributed by atoms with Gasteiger partial charge in [-0.3, -0.25) is 0 Å². The Bertz CT molecular complexity index is 130. The van der Waals surface area contributed by atoms with Crippen LogP contribution >= 0.6 is 0 Å². The van der Waals surface area contributed by atoms with E-state index in [1.807, 2.05) is 0 Å². The van der Waals surface area contributed by atoms with Gasteiger partial charge in [0.05, 0.1) is 0 Å². The number of hydrogen-bond donors (Lipinski definition) is 0. The van der Waals surface area contributed by atoms with E-state index in [2.05, 4.69) is 27.7 Å². The molecule has 0 fully saturated rings. The molecule has 0 aliphatic heterocycles. The van der Waals surface area contributed by atoms with E-state index in [1.54, 1.807) is 14.2 Å². The van der Waals surface area contributed by atoms with Crippen LogP contribution in [0.2, 0.25) is 0 Å². The maximum Gasteiger partial charge on any atom is 0.160 e. The zero-order valence-corrected chi connectivity index (χ0v) is 10.5. The molecule has 2 nitrogen and oxygen atoms in total. The maximum absolute atomic E-state index is 5.37. The molecule has 2 heteroatoms. The molecule has 0 radical (unpaired) electrons. The van der Waals surface area contributed by atoms with Crippen LogP contribution in [0.5, 0.6) is 0 Å². The van der Waals surface area contributed by atoms with Gasteiger partial charge in [0.25, 0.3) is 0 Å². The van der Waals surface area contributed by atoms with Crippen molar-refractivity contribution in [2.45, 2.75) is 46.8 Å². The molecular weight excluding hydrogens is 176 g/mol. The molecule has 0 saturated heterocycles. The van der Waals surface area contributed by atoms with Crippen LogP contribution in [0.15, 0.2) is 0 Å². The molecule has 2 atom stereocenters. The standard InChI is InChI=1S/C12H26O2/c1-7-8-10(4)11(9(2)3)12(13-5)14-6/h9-12H,7-8H2,1-6H3. The van der Waals surface area contributed by atoms with Gasteiger partial charge in [0.1, 0.15) is 0 Å². The van der Waals surface area contributed by atoms with Gasteiger partial charge in [-0.05, 0) is 11.8 Å². The quantitative estimate of drug-likeness (QED) is 0.590. The van der Waals surface area contributed by atoms with Crippen molar-refractivity contribution in [3.8, 4) is 0 Å². The van der Waals surface area contributed by atoms with E-state index in [9.17, 15) is 0 Å². The Morgan fingerprint density at radius 2 is 1.50 bits per heavy atom. The number of ether oxygens (including phenoxy) is 2. The average molecular weight is 202 g/mol. The molecule has 0 bridgehead atoms. The van der Waals surface area contributed by atoms with Crippen LogP contribution in [0.4, 0.5) is 0 Å². The van der Waals surface area contributed by atoms with Gasteiger partial charge in [0, 0.05) is 20.1 Å². The summed E-state index contributed by atoms with van der Waals surface area (Å²) >= 11 is 0. The maximum atomic E-state index is 5.37. The largest absolute Gasteiger partial charge is 0.356 e. The normalized spacial score (nSPS) is 16.3. The molecule has 0 saturated carbocycles. The summed E-state index contributed by atoms with van der Waals surface area (Å²) in [6.45, 7) is 8.99. The van der Waals surface area contributed by atoms with Crippen LogP contribution in [-0.2, 0) is 9.47 Å². The van der Waals surface area contributed by atoms with Crippen LogP contribution in [0.25, 0.3) is 0 Å². The molecule has 0 aromatic carbocycles. The zero-order valence-electron chi connectivity index (χ0n) is 10.5. The summed E-state index contributed by atoms with van der Waals surface area (Å²) in [5.41, 5.74) is 0. The van der Waals surface area contributed by atoms with Gasteiger partial charge in [-0.2, -0.15) is 0 Å². The van der Waals surface area contributed by atoms with E-state index in [0.29, 0.717) is 17.8 Å². The predicted molar refractivity (Wildman–Crippen MR) is 60.2 cm³/mol. The fourth-order valence-electron chi connectivity index (χ4n) is 2.30. The Labute approximate surface area is 89.0 Å². The summed E-state index contributed by atoms with van der Waals surface area (Å²) in [5.74, 6) is 1.75. The smallest absolute Gasteiger partial charge is 0.160 e. The van der Waals surface area contributed by atoms with Crippen molar-refractivity contribution < 1.29 is 9.47 Å². The molecule has 2 unspecified atom stereocenters. The van der Waals surface area contributed by atoms with Crippen molar-refractivity contribution in [3.63, 3.8) is 0 Å². The Morgan fingerprint density at radius 1 is 1.00 bits per heavy atom. The third kappa shape index (κ3) is 3.97. The van der Waals surface area contributed by atoms with Crippen molar-refractivity contribution in [3.05, 3.63) is 0 Å².